The molecule has 4 heteroatoms. The highest BCUT2D eigenvalue weighted by Crippen LogP contribution is 2.31. The molecule has 0 saturated carbocycles. The van der Waals surface area contributed by atoms with Crippen LogP contribution in [-0.4, -0.2) is 30.5 Å². The summed E-state index contributed by atoms with van der Waals surface area (Å²) in [7, 11) is 2.10. The number of likely N-dealkylation sites (N-methyl/N-ethyl adjacent to an activating group) is 1. The first-order chi connectivity index (χ1) is 13.5. The lowest BCUT2D eigenvalue weighted by atomic mass is 9.99. The molecule has 0 bridgehead atoms. The maximum absolute atomic E-state index is 9.70. The van der Waals surface area contributed by atoms with E-state index in [0.29, 0.717) is 5.02 Å². The highest BCUT2D eigenvalue weighted by Gasteiger charge is 2.23. The Labute approximate surface area is 170 Å². The smallest absolute Gasteiger partial charge is 0.115 e. The molecule has 1 atom stereocenters. The van der Waals surface area contributed by atoms with E-state index in [2.05, 4.69) is 49.2 Å². The first kappa shape index (κ1) is 18.6. The Morgan fingerprint density at radius 1 is 1.07 bits per heavy atom. The van der Waals surface area contributed by atoms with Gasteiger partial charge in [-0.25, -0.2) is 0 Å². The van der Waals surface area contributed by atoms with Crippen LogP contribution in [0.1, 0.15) is 22.3 Å². The first-order valence-electron chi connectivity index (χ1n) is 9.44. The molecule has 1 aliphatic heterocycles. The molecule has 0 radical (unpaired) electrons. The molecule has 1 heterocycles. The number of halogens is 1. The third kappa shape index (κ3) is 3.76. The normalized spacial score (nSPS) is 16.3. The van der Waals surface area contributed by atoms with Crippen LogP contribution in [0.3, 0.4) is 0 Å². The molecule has 3 aromatic carbocycles. The van der Waals surface area contributed by atoms with Crippen LogP contribution in [0.2, 0.25) is 5.02 Å². The van der Waals surface area contributed by atoms with Crippen LogP contribution in [0.25, 0.3) is 0 Å². The molecule has 1 N–H and O–H groups in total. The summed E-state index contributed by atoms with van der Waals surface area (Å²) in [5.41, 5.74) is 6.64. The van der Waals surface area contributed by atoms with E-state index >= 15 is 0 Å². The molecule has 142 valence electrons. The Hall–Kier alpha value is -2.78. The van der Waals surface area contributed by atoms with Crippen molar-refractivity contribution in [2.75, 3.05) is 18.5 Å². The van der Waals surface area contributed by atoms with E-state index in [0.717, 1.165) is 35.5 Å². The fourth-order valence-corrected chi connectivity index (χ4v) is 3.96. The number of rotatable bonds is 3. The average Bonchev–Trinajstić information content (AvgIpc) is 2.81. The maximum Gasteiger partial charge on any atom is 0.115 e. The van der Waals surface area contributed by atoms with Crippen LogP contribution in [0.15, 0.2) is 71.7 Å². The minimum absolute atomic E-state index is 0.112. The average molecular weight is 391 g/mol. The number of anilines is 1. The standard InChI is InChI=1S/C24H23ClN2O/c1-16-5-3-4-6-18(16)13-20-15-27(2)23-12-9-19(25)14-22(23)24(26-20)17-7-10-21(28)11-8-17/h3-12,14,20,28H,13,15H2,1-2H3. The van der Waals surface area contributed by atoms with Gasteiger partial charge in [0.15, 0.2) is 0 Å². The molecule has 28 heavy (non-hydrogen) atoms. The number of phenols is 1. The highest BCUT2D eigenvalue weighted by atomic mass is 35.5. The Bertz CT molecular complexity index is 1030. The molecule has 0 aromatic heterocycles. The molecule has 0 fully saturated rings. The van der Waals surface area contributed by atoms with Crippen molar-refractivity contribution < 1.29 is 5.11 Å². The zero-order valence-corrected chi connectivity index (χ0v) is 16.8. The molecule has 1 unspecified atom stereocenters. The topological polar surface area (TPSA) is 35.8 Å². The second-order valence-electron chi connectivity index (χ2n) is 7.35. The van der Waals surface area contributed by atoms with E-state index in [-0.39, 0.29) is 11.8 Å². The van der Waals surface area contributed by atoms with Gasteiger partial charge < -0.3 is 10.0 Å². The summed E-state index contributed by atoms with van der Waals surface area (Å²) in [4.78, 5) is 7.43. The van der Waals surface area contributed by atoms with Crippen molar-refractivity contribution in [1.82, 2.24) is 0 Å². The minimum Gasteiger partial charge on any atom is -0.508 e. The van der Waals surface area contributed by atoms with Gasteiger partial charge in [0.2, 0.25) is 0 Å². The van der Waals surface area contributed by atoms with E-state index < -0.39 is 0 Å². The van der Waals surface area contributed by atoms with E-state index in [1.54, 1.807) is 12.1 Å². The predicted molar refractivity (Wildman–Crippen MR) is 117 cm³/mol. The number of hydrogen-bond acceptors (Lipinski definition) is 3. The van der Waals surface area contributed by atoms with Gasteiger partial charge in [-0.15, -0.1) is 0 Å². The predicted octanol–water partition coefficient (Wildman–Crippen LogP) is 5.25. The molecule has 0 aliphatic carbocycles. The number of benzene rings is 3. The van der Waals surface area contributed by atoms with Gasteiger partial charge in [-0.3, -0.25) is 4.99 Å². The number of aryl methyl sites for hydroxylation is 1. The van der Waals surface area contributed by atoms with Crippen molar-refractivity contribution in [1.29, 1.82) is 0 Å². The van der Waals surface area contributed by atoms with Crippen molar-refractivity contribution >= 4 is 23.0 Å². The molecule has 1 aliphatic rings. The van der Waals surface area contributed by atoms with E-state index in [1.807, 2.05) is 24.3 Å². The zero-order valence-electron chi connectivity index (χ0n) is 16.1. The minimum atomic E-state index is 0.112. The van der Waals surface area contributed by atoms with E-state index in [4.69, 9.17) is 16.6 Å². The molecule has 0 saturated heterocycles. The van der Waals surface area contributed by atoms with Crippen molar-refractivity contribution in [3.63, 3.8) is 0 Å². The number of fused-ring (bicyclic) bond motifs is 1. The second kappa shape index (κ2) is 7.69. The molecule has 0 amide bonds. The van der Waals surface area contributed by atoms with Gasteiger partial charge in [0.25, 0.3) is 0 Å². The molecular weight excluding hydrogens is 368 g/mol. The van der Waals surface area contributed by atoms with Crippen LogP contribution in [0.4, 0.5) is 5.69 Å². The number of hydrogen-bond donors (Lipinski definition) is 1. The third-order valence-corrected chi connectivity index (χ3v) is 5.51. The maximum atomic E-state index is 9.70. The van der Waals surface area contributed by atoms with Crippen molar-refractivity contribution in [3.05, 3.63) is 94.0 Å². The summed E-state index contributed by atoms with van der Waals surface area (Å²) in [6, 6.07) is 21.8. The zero-order chi connectivity index (χ0) is 19.7. The Kier molecular flexibility index (Phi) is 5.10. The molecule has 4 rings (SSSR count). The van der Waals surface area contributed by atoms with Gasteiger partial charge in [-0.05, 0) is 66.9 Å². The van der Waals surface area contributed by atoms with Gasteiger partial charge in [-0.1, -0.05) is 35.9 Å². The molecule has 3 nitrogen and oxygen atoms in total. The van der Waals surface area contributed by atoms with Crippen LogP contribution >= 0.6 is 11.6 Å². The van der Waals surface area contributed by atoms with Crippen molar-refractivity contribution in [3.8, 4) is 5.75 Å². The molecule has 3 aromatic rings. The lowest BCUT2D eigenvalue weighted by Gasteiger charge is -2.22. The van der Waals surface area contributed by atoms with E-state index in [1.165, 1.54) is 11.1 Å². The Morgan fingerprint density at radius 2 is 1.82 bits per heavy atom. The lowest BCUT2D eigenvalue weighted by Crippen LogP contribution is -2.28. The van der Waals surface area contributed by atoms with Gasteiger partial charge in [0.05, 0.1) is 11.8 Å². The highest BCUT2D eigenvalue weighted by molar-refractivity contribution is 6.31. The quantitative estimate of drug-likeness (QED) is 0.662. The summed E-state index contributed by atoms with van der Waals surface area (Å²) in [6.07, 6.45) is 0.875. The second-order valence-corrected chi connectivity index (χ2v) is 7.79. The monoisotopic (exact) mass is 390 g/mol. The Balaban J connectivity index is 1.82. The van der Waals surface area contributed by atoms with Crippen LogP contribution in [0, 0.1) is 6.92 Å². The largest absolute Gasteiger partial charge is 0.508 e. The number of aliphatic imine (C=N–C) groups is 1. The lowest BCUT2D eigenvalue weighted by molar-refractivity contribution is 0.475. The Morgan fingerprint density at radius 3 is 2.57 bits per heavy atom. The van der Waals surface area contributed by atoms with Gasteiger partial charge in [-0.2, -0.15) is 0 Å². The van der Waals surface area contributed by atoms with Crippen molar-refractivity contribution in [2.24, 2.45) is 4.99 Å². The fraction of sp³-hybridized carbons (Fsp3) is 0.208. The number of nitrogens with zero attached hydrogens (tertiary/aromatic N) is 2. The fourth-order valence-electron chi connectivity index (χ4n) is 3.79. The van der Waals surface area contributed by atoms with Gasteiger partial charge in [0, 0.05) is 35.4 Å². The summed E-state index contributed by atoms with van der Waals surface area (Å²) >= 11 is 6.33. The number of benzodiazepines with no additional fused rings is 1. The van der Waals surface area contributed by atoms with E-state index in [9.17, 15) is 5.11 Å². The first-order valence-corrected chi connectivity index (χ1v) is 9.82. The van der Waals surface area contributed by atoms with Crippen LogP contribution in [0.5, 0.6) is 5.75 Å². The molecular formula is C24H23ClN2O. The number of aromatic hydroxyl groups is 1. The van der Waals surface area contributed by atoms with Gasteiger partial charge in [0.1, 0.15) is 5.75 Å². The summed E-state index contributed by atoms with van der Waals surface area (Å²) in [5.74, 6) is 0.248. The van der Waals surface area contributed by atoms with Gasteiger partial charge >= 0.3 is 0 Å². The third-order valence-electron chi connectivity index (χ3n) is 5.28. The summed E-state index contributed by atoms with van der Waals surface area (Å²) in [6.45, 7) is 2.97. The summed E-state index contributed by atoms with van der Waals surface area (Å²) < 4.78 is 0. The number of phenolic OH excluding ortho intramolecular Hbond substituents is 1. The van der Waals surface area contributed by atoms with Crippen LogP contribution < -0.4 is 4.90 Å². The SMILES string of the molecule is Cc1ccccc1CC1CN(C)c2ccc(Cl)cc2C(c2ccc(O)cc2)=N1. The molecule has 0 spiro atoms. The van der Waals surface area contributed by atoms with Crippen LogP contribution in [-0.2, 0) is 6.42 Å². The van der Waals surface area contributed by atoms with Crippen molar-refractivity contribution in [2.45, 2.75) is 19.4 Å². The summed E-state index contributed by atoms with van der Waals surface area (Å²) in [5, 5.41) is 10.4.